The van der Waals surface area contributed by atoms with Crippen LogP contribution in [0.25, 0.3) is 0 Å². The molecule has 2 rings (SSSR count). The molecule has 104 valence electrons. The van der Waals surface area contributed by atoms with Gasteiger partial charge in [0, 0.05) is 38.0 Å². The number of benzene rings is 1. The van der Waals surface area contributed by atoms with Gasteiger partial charge < -0.3 is 15.0 Å². The van der Waals surface area contributed by atoms with E-state index in [1.165, 1.54) is 0 Å². The van der Waals surface area contributed by atoms with Crippen LogP contribution in [-0.4, -0.2) is 43.7 Å². The molecule has 19 heavy (non-hydrogen) atoms. The highest BCUT2D eigenvalue weighted by molar-refractivity contribution is 5.94. The zero-order chi connectivity index (χ0) is 13.7. The molecular weight excluding hydrogens is 240 g/mol. The summed E-state index contributed by atoms with van der Waals surface area (Å²) in [7, 11) is 1.70. The maximum Gasteiger partial charge on any atom is 0.253 e. The quantitative estimate of drug-likeness (QED) is 0.885. The first-order valence-electron chi connectivity index (χ1n) is 6.90. The summed E-state index contributed by atoms with van der Waals surface area (Å²) in [5.74, 6) is 0.0987. The molecule has 4 heteroatoms. The average Bonchev–Trinajstić information content (AvgIpc) is 2.94. The Kier molecular flexibility index (Phi) is 4.80. The van der Waals surface area contributed by atoms with Gasteiger partial charge in [0.25, 0.3) is 5.91 Å². The highest BCUT2D eigenvalue weighted by Gasteiger charge is 2.26. The van der Waals surface area contributed by atoms with Gasteiger partial charge in [-0.15, -0.1) is 0 Å². The molecule has 1 aromatic rings. The van der Waals surface area contributed by atoms with Crippen LogP contribution in [0.2, 0.25) is 0 Å². The number of ether oxygens (including phenoxy) is 1. The molecule has 0 aromatic heterocycles. The largest absolute Gasteiger partial charge is 0.385 e. The number of carbonyl (C=O) groups excluding carboxylic acids is 1. The van der Waals surface area contributed by atoms with Crippen molar-refractivity contribution in [2.75, 3.05) is 32.1 Å². The van der Waals surface area contributed by atoms with Crippen molar-refractivity contribution in [1.82, 2.24) is 4.90 Å². The Bertz CT molecular complexity index is 417. The van der Waals surface area contributed by atoms with Gasteiger partial charge in [0.05, 0.1) is 6.10 Å². The summed E-state index contributed by atoms with van der Waals surface area (Å²) < 4.78 is 5.29. The number of likely N-dealkylation sites (tertiary alicyclic amines) is 1. The first kappa shape index (κ1) is 13.9. The van der Waals surface area contributed by atoms with Crippen molar-refractivity contribution < 1.29 is 9.53 Å². The third-order valence-electron chi connectivity index (χ3n) is 3.48. The van der Waals surface area contributed by atoms with Crippen LogP contribution in [0, 0.1) is 0 Å². The van der Waals surface area contributed by atoms with Gasteiger partial charge in [0.15, 0.2) is 0 Å². The summed E-state index contributed by atoms with van der Waals surface area (Å²) >= 11 is 0. The molecule has 1 aliphatic heterocycles. The summed E-state index contributed by atoms with van der Waals surface area (Å²) in [4.78, 5) is 14.1. The van der Waals surface area contributed by atoms with Crippen molar-refractivity contribution in [3.63, 3.8) is 0 Å². The minimum atomic E-state index is 0.0987. The van der Waals surface area contributed by atoms with Crippen molar-refractivity contribution in [1.29, 1.82) is 0 Å². The first-order chi connectivity index (χ1) is 9.24. The van der Waals surface area contributed by atoms with Crippen molar-refractivity contribution in [3.05, 3.63) is 29.8 Å². The molecule has 0 bridgehead atoms. The number of rotatable bonds is 5. The van der Waals surface area contributed by atoms with Gasteiger partial charge in [-0.3, -0.25) is 4.79 Å². The van der Waals surface area contributed by atoms with Gasteiger partial charge >= 0.3 is 0 Å². The number of anilines is 1. The molecule has 1 aliphatic rings. The molecule has 0 aliphatic carbocycles. The van der Waals surface area contributed by atoms with Crippen molar-refractivity contribution in [2.45, 2.75) is 25.9 Å². The Labute approximate surface area is 114 Å². The van der Waals surface area contributed by atoms with Crippen molar-refractivity contribution in [2.24, 2.45) is 0 Å². The van der Waals surface area contributed by atoms with Gasteiger partial charge in [-0.25, -0.2) is 0 Å². The van der Waals surface area contributed by atoms with Crippen LogP contribution in [0.3, 0.4) is 0 Å². The molecule has 1 unspecified atom stereocenters. The molecule has 1 aromatic carbocycles. The highest BCUT2D eigenvalue weighted by Crippen LogP contribution is 2.17. The van der Waals surface area contributed by atoms with Crippen LogP contribution in [0.1, 0.15) is 30.1 Å². The third-order valence-corrected chi connectivity index (χ3v) is 3.48. The second-order valence-electron chi connectivity index (χ2n) is 4.90. The van der Waals surface area contributed by atoms with Gasteiger partial charge in [-0.2, -0.15) is 0 Å². The lowest BCUT2D eigenvalue weighted by atomic mass is 10.2. The van der Waals surface area contributed by atoms with Gasteiger partial charge in [-0.1, -0.05) is 6.92 Å². The SMILES string of the molecule is CCCNc1ccc(C(=O)N2CCC(OC)C2)cc1. The zero-order valence-corrected chi connectivity index (χ0v) is 11.7. The van der Waals surface area contributed by atoms with E-state index in [1.54, 1.807) is 7.11 Å². The first-order valence-corrected chi connectivity index (χ1v) is 6.90. The summed E-state index contributed by atoms with van der Waals surface area (Å²) in [6, 6.07) is 7.71. The van der Waals surface area contributed by atoms with E-state index in [2.05, 4.69) is 12.2 Å². The maximum atomic E-state index is 12.3. The Morgan fingerprint density at radius 3 is 2.74 bits per heavy atom. The van der Waals surface area contributed by atoms with Crippen molar-refractivity contribution in [3.8, 4) is 0 Å². The van der Waals surface area contributed by atoms with E-state index in [-0.39, 0.29) is 12.0 Å². The van der Waals surface area contributed by atoms with E-state index in [4.69, 9.17) is 4.74 Å². The summed E-state index contributed by atoms with van der Waals surface area (Å²) in [6.45, 7) is 4.57. The maximum absolute atomic E-state index is 12.3. The van der Waals surface area contributed by atoms with E-state index in [0.29, 0.717) is 6.54 Å². The Morgan fingerprint density at radius 2 is 2.16 bits per heavy atom. The predicted molar refractivity (Wildman–Crippen MR) is 76.5 cm³/mol. The Morgan fingerprint density at radius 1 is 1.42 bits per heavy atom. The molecule has 0 radical (unpaired) electrons. The Hall–Kier alpha value is -1.55. The molecule has 0 spiro atoms. The lowest BCUT2D eigenvalue weighted by Gasteiger charge is -2.16. The average molecular weight is 262 g/mol. The minimum absolute atomic E-state index is 0.0987. The standard InChI is InChI=1S/C15H22N2O2/c1-3-9-16-13-6-4-12(5-7-13)15(18)17-10-8-14(11-17)19-2/h4-7,14,16H,3,8-11H2,1-2H3. The number of amides is 1. The van der Waals surface area contributed by atoms with Crippen molar-refractivity contribution >= 4 is 11.6 Å². The fourth-order valence-electron chi connectivity index (χ4n) is 2.29. The Balaban J connectivity index is 1.96. The molecule has 1 N–H and O–H groups in total. The molecule has 1 amide bonds. The van der Waals surface area contributed by atoms with Crippen LogP contribution >= 0.6 is 0 Å². The fourth-order valence-corrected chi connectivity index (χ4v) is 2.29. The topological polar surface area (TPSA) is 41.6 Å². The number of hydrogen-bond donors (Lipinski definition) is 1. The van der Waals surface area contributed by atoms with Crippen LogP contribution < -0.4 is 5.32 Å². The van der Waals surface area contributed by atoms with Crippen LogP contribution in [0.4, 0.5) is 5.69 Å². The van der Waals surface area contributed by atoms with Gasteiger partial charge in [-0.05, 0) is 37.1 Å². The predicted octanol–water partition coefficient (Wildman–Crippen LogP) is 2.37. The van der Waals surface area contributed by atoms with Gasteiger partial charge in [0.2, 0.25) is 0 Å². The molecule has 1 saturated heterocycles. The number of hydrogen-bond acceptors (Lipinski definition) is 3. The van der Waals surface area contributed by atoms with Gasteiger partial charge in [0.1, 0.15) is 0 Å². The molecule has 1 heterocycles. The number of carbonyl (C=O) groups is 1. The van der Waals surface area contributed by atoms with E-state index in [1.807, 2.05) is 29.2 Å². The van der Waals surface area contributed by atoms with Crippen LogP contribution in [-0.2, 0) is 4.74 Å². The van der Waals surface area contributed by atoms with Crippen LogP contribution in [0.5, 0.6) is 0 Å². The van der Waals surface area contributed by atoms with E-state index in [0.717, 1.165) is 37.2 Å². The number of nitrogens with one attached hydrogen (secondary N) is 1. The van der Waals surface area contributed by atoms with Crippen LogP contribution in [0.15, 0.2) is 24.3 Å². The highest BCUT2D eigenvalue weighted by atomic mass is 16.5. The molecule has 1 atom stereocenters. The second kappa shape index (κ2) is 6.57. The normalized spacial score (nSPS) is 18.6. The summed E-state index contributed by atoms with van der Waals surface area (Å²) in [5.41, 5.74) is 1.81. The lowest BCUT2D eigenvalue weighted by Crippen LogP contribution is -2.29. The lowest BCUT2D eigenvalue weighted by molar-refractivity contribution is 0.0724. The molecule has 4 nitrogen and oxygen atoms in total. The smallest absolute Gasteiger partial charge is 0.253 e. The molecule has 0 saturated carbocycles. The van der Waals surface area contributed by atoms with E-state index >= 15 is 0 Å². The zero-order valence-electron chi connectivity index (χ0n) is 11.7. The second-order valence-corrected chi connectivity index (χ2v) is 4.90. The summed E-state index contributed by atoms with van der Waals surface area (Å²) in [5, 5.41) is 3.30. The molecular formula is C15H22N2O2. The summed E-state index contributed by atoms with van der Waals surface area (Å²) in [6.07, 6.45) is 2.21. The minimum Gasteiger partial charge on any atom is -0.385 e. The number of nitrogens with zero attached hydrogens (tertiary/aromatic N) is 1. The molecule has 1 fully saturated rings. The van der Waals surface area contributed by atoms with E-state index in [9.17, 15) is 4.79 Å². The van der Waals surface area contributed by atoms with E-state index < -0.39 is 0 Å². The monoisotopic (exact) mass is 262 g/mol. The fraction of sp³-hybridized carbons (Fsp3) is 0.533. The third kappa shape index (κ3) is 3.47. The number of methoxy groups -OCH3 is 1.